The van der Waals surface area contributed by atoms with Gasteiger partial charge in [-0.3, -0.25) is 16.0 Å². The van der Waals surface area contributed by atoms with E-state index in [1.807, 2.05) is 17.9 Å². The summed E-state index contributed by atoms with van der Waals surface area (Å²) >= 11 is 0. The number of nitrogens with zero attached hydrogens (tertiary/aromatic N) is 2. The Morgan fingerprint density at radius 2 is 2.29 bits per heavy atom. The molecular weight excluding hydrogens is 212 g/mol. The zero-order chi connectivity index (χ0) is 12.3. The topological polar surface area (TPSA) is 55.9 Å². The van der Waals surface area contributed by atoms with Crippen LogP contribution in [0.15, 0.2) is 12.3 Å². The van der Waals surface area contributed by atoms with E-state index < -0.39 is 0 Å². The maximum atomic E-state index is 5.79. The van der Waals surface area contributed by atoms with E-state index in [1.165, 1.54) is 37.8 Å². The number of hydrogen-bond donors (Lipinski definition) is 2. The first-order valence-electron chi connectivity index (χ1n) is 6.72. The lowest BCUT2D eigenvalue weighted by atomic mass is 9.73. The molecule has 0 spiro atoms. The Labute approximate surface area is 104 Å². The van der Waals surface area contributed by atoms with Gasteiger partial charge in [-0.1, -0.05) is 32.6 Å². The third-order valence-electron chi connectivity index (χ3n) is 4.28. The largest absolute Gasteiger partial charge is 0.271 e. The van der Waals surface area contributed by atoms with Gasteiger partial charge in [0.05, 0.1) is 11.7 Å². The van der Waals surface area contributed by atoms with Crippen molar-refractivity contribution < 1.29 is 0 Å². The van der Waals surface area contributed by atoms with Gasteiger partial charge in [-0.25, -0.2) is 0 Å². The van der Waals surface area contributed by atoms with Crippen molar-refractivity contribution in [3.8, 4) is 0 Å². The number of hydrogen-bond acceptors (Lipinski definition) is 3. The molecule has 1 aromatic heterocycles. The third-order valence-corrected chi connectivity index (χ3v) is 4.28. The van der Waals surface area contributed by atoms with Gasteiger partial charge in [-0.05, 0) is 24.3 Å². The molecule has 96 valence electrons. The Bertz CT molecular complexity index is 347. The fourth-order valence-electron chi connectivity index (χ4n) is 3.30. The van der Waals surface area contributed by atoms with E-state index in [9.17, 15) is 0 Å². The van der Waals surface area contributed by atoms with Gasteiger partial charge < -0.3 is 0 Å². The summed E-state index contributed by atoms with van der Waals surface area (Å²) in [7, 11) is 1.99. The highest BCUT2D eigenvalue weighted by Crippen LogP contribution is 2.39. The van der Waals surface area contributed by atoms with Crippen LogP contribution in [0.25, 0.3) is 0 Å². The molecule has 1 saturated carbocycles. The van der Waals surface area contributed by atoms with E-state index in [-0.39, 0.29) is 6.04 Å². The summed E-state index contributed by atoms with van der Waals surface area (Å²) in [6.45, 7) is 2.29. The fourth-order valence-corrected chi connectivity index (χ4v) is 3.30. The summed E-state index contributed by atoms with van der Waals surface area (Å²) in [5.74, 6) is 7.23. The summed E-state index contributed by atoms with van der Waals surface area (Å²) in [5, 5.41) is 4.25. The number of nitrogens with one attached hydrogen (secondary N) is 1. The predicted octanol–water partition coefficient (Wildman–Crippen LogP) is 2.14. The molecule has 0 bridgehead atoms. The van der Waals surface area contributed by atoms with Crippen molar-refractivity contribution in [3.05, 3.63) is 18.0 Å². The van der Waals surface area contributed by atoms with Gasteiger partial charge in [0.25, 0.3) is 0 Å². The molecule has 0 amide bonds. The first-order chi connectivity index (χ1) is 8.27. The highest BCUT2D eigenvalue weighted by molar-refractivity contribution is 5.09. The number of rotatable bonds is 4. The van der Waals surface area contributed by atoms with E-state index in [0.29, 0.717) is 5.92 Å². The van der Waals surface area contributed by atoms with Gasteiger partial charge in [-0.2, -0.15) is 5.10 Å². The van der Waals surface area contributed by atoms with Crippen LogP contribution in [-0.4, -0.2) is 9.78 Å². The lowest BCUT2D eigenvalue weighted by Crippen LogP contribution is -2.39. The summed E-state index contributed by atoms with van der Waals surface area (Å²) < 4.78 is 1.94. The second-order valence-electron chi connectivity index (χ2n) is 5.14. The fraction of sp³-hybridized carbons (Fsp3) is 0.769. The first-order valence-corrected chi connectivity index (χ1v) is 6.72. The van der Waals surface area contributed by atoms with Crippen molar-refractivity contribution in [2.75, 3.05) is 0 Å². The van der Waals surface area contributed by atoms with Gasteiger partial charge >= 0.3 is 0 Å². The van der Waals surface area contributed by atoms with Crippen molar-refractivity contribution in [1.29, 1.82) is 0 Å². The normalized spacial score (nSPS) is 27.0. The van der Waals surface area contributed by atoms with Gasteiger partial charge in [-0.15, -0.1) is 0 Å². The molecule has 0 saturated heterocycles. The Kier molecular flexibility index (Phi) is 4.18. The quantitative estimate of drug-likeness (QED) is 0.622. The van der Waals surface area contributed by atoms with Gasteiger partial charge in [0.15, 0.2) is 0 Å². The molecule has 3 N–H and O–H groups in total. The Hall–Kier alpha value is -0.870. The van der Waals surface area contributed by atoms with Crippen LogP contribution < -0.4 is 11.3 Å². The standard InChI is InChI=1S/C13H24N4/c1-3-10-6-4-5-7-11(10)13(16-14)12-8-9-15-17(12)2/h8-11,13,16H,3-7,14H2,1-2H3. The molecule has 0 aromatic carbocycles. The van der Waals surface area contributed by atoms with Crippen LogP contribution in [0.1, 0.15) is 50.8 Å². The van der Waals surface area contributed by atoms with E-state index in [1.54, 1.807) is 0 Å². The van der Waals surface area contributed by atoms with Crippen LogP contribution in [-0.2, 0) is 7.05 Å². The van der Waals surface area contributed by atoms with E-state index in [2.05, 4.69) is 23.5 Å². The van der Waals surface area contributed by atoms with Crippen molar-refractivity contribution in [3.63, 3.8) is 0 Å². The van der Waals surface area contributed by atoms with Crippen LogP contribution in [0.3, 0.4) is 0 Å². The minimum Gasteiger partial charge on any atom is -0.271 e. The molecular formula is C13H24N4. The maximum Gasteiger partial charge on any atom is 0.0659 e. The lowest BCUT2D eigenvalue weighted by molar-refractivity contribution is 0.171. The molecule has 0 aliphatic heterocycles. The van der Waals surface area contributed by atoms with Crippen LogP contribution in [0.2, 0.25) is 0 Å². The van der Waals surface area contributed by atoms with Crippen molar-refractivity contribution in [2.24, 2.45) is 24.7 Å². The van der Waals surface area contributed by atoms with Crippen molar-refractivity contribution in [2.45, 2.75) is 45.1 Å². The molecule has 1 aliphatic rings. The smallest absolute Gasteiger partial charge is 0.0659 e. The molecule has 17 heavy (non-hydrogen) atoms. The number of hydrazine groups is 1. The first kappa shape index (κ1) is 12.6. The minimum atomic E-state index is 0.243. The van der Waals surface area contributed by atoms with E-state index >= 15 is 0 Å². The molecule has 1 aromatic rings. The van der Waals surface area contributed by atoms with Crippen LogP contribution >= 0.6 is 0 Å². The van der Waals surface area contributed by atoms with Gasteiger partial charge in [0.1, 0.15) is 0 Å². The zero-order valence-corrected chi connectivity index (χ0v) is 10.9. The highest BCUT2D eigenvalue weighted by atomic mass is 15.3. The van der Waals surface area contributed by atoms with Crippen molar-refractivity contribution >= 4 is 0 Å². The van der Waals surface area contributed by atoms with Gasteiger partial charge in [0, 0.05) is 13.2 Å². The van der Waals surface area contributed by atoms with E-state index in [0.717, 1.165) is 5.92 Å². The van der Waals surface area contributed by atoms with E-state index in [4.69, 9.17) is 5.84 Å². The number of aromatic nitrogens is 2. The molecule has 1 heterocycles. The summed E-state index contributed by atoms with van der Waals surface area (Å²) in [4.78, 5) is 0. The summed E-state index contributed by atoms with van der Waals surface area (Å²) in [6, 6.07) is 2.32. The predicted molar refractivity (Wildman–Crippen MR) is 69.0 cm³/mol. The zero-order valence-electron chi connectivity index (χ0n) is 10.9. The molecule has 1 fully saturated rings. The van der Waals surface area contributed by atoms with Crippen LogP contribution in [0.4, 0.5) is 0 Å². The molecule has 3 unspecified atom stereocenters. The second-order valence-corrected chi connectivity index (χ2v) is 5.14. The summed E-state index contributed by atoms with van der Waals surface area (Å²) in [5.41, 5.74) is 4.22. The molecule has 3 atom stereocenters. The van der Waals surface area contributed by atoms with Crippen LogP contribution in [0, 0.1) is 11.8 Å². The minimum absolute atomic E-state index is 0.243. The third kappa shape index (κ3) is 2.53. The van der Waals surface area contributed by atoms with Crippen molar-refractivity contribution in [1.82, 2.24) is 15.2 Å². The average Bonchev–Trinajstić information content (AvgIpc) is 2.78. The maximum absolute atomic E-state index is 5.79. The molecule has 4 nitrogen and oxygen atoms in total. The molecule has 2 rings (SSSR count). The van der Waals surface area contributed by atoms with Crippen LogP contribution in [0.5, 0.6) is 0 Å². The Balaban J connectivity index is 2.19. The second kappa shape index (κ2) is 5.65. The SMILES string of the molecule is CCC1CCCCC1C(NN)c1ccnn1C. The number of aryl methyl sites for hydroxylation is 1. The number of nitrogens with two attached hydrogens (primary N) is 1. The Morgan fingerprint density at radius 3 is 2.88 bits per heavy atom. The molecule has 0 radical (unpaired) electrons. The lowest BCUT2D eigenvalue weighted by Gasteiger charge is -2.36. The monoisotopic (exact) mass is 236 g/mol. The molecule has 4 heteroatoms. The Morgan fingerprint density at radius 1 is 1.53 bits per heavy atom. The average molecular weight is 236 g/mol. The van der Waals surface area contributed by atoms with Gasteiger partial charge in [0.2, 0.25) is 0 Å². The highest BCUT2D eigenvalue weighted by Gasteiger charge is 2.32. The summed E-state index contributed by atoms with van der Waals surface area (Å²) in [6.07, 6.45) is 8.43. The molecule has 1 aliphatic carbocycles.